The number of terminal acetylenes is 1. The van der Waals surface area contributed by atoms with E-state index in [4.69, 9.17) is 6.42 Å². The van der Waals surface area contributed by atoms with Gasteiger partial charge in [-0.25, -0.2) is 0 Å². The summed E-state index contributed by atoms with van der Waals surface area (Å²) in [5, 5.41) is 2.83. The predicted octanol–water partition coefficient (Wildman–Crippen LogP) is 2.00. The number of amides is 1. The second kappa shape index (κ2) is 5.21. The molecule has 1 aromatic rings. The fourth-order valence-corrected chi connectivity index (χ4v) is 1.24. The van der Waals surface area contributed by atoms with Crippen LogP contribution in [0.3, 0.4) is 0 Å². The van der Waals surface area contributed by atoms with Crippen molar-refractivity contribution < 1.29 is 4.79 Å². The normalized spacial score (nSPS) is 9.73. The van der Waals surface area contributed by atoms with Gasteiger partial charge in [-0.05, 0) is 31.5 Å². The third kappa shape index (κ3) is 3.47. The molecule has 0 aliphatic rings. The van der Waals surface area contributed by atoms with Crippen molar-refractivity contribution in [2.45, 2.75) is 26.3 Å². The molecule has 1 rings (SSSR count). The Kier molecular flexibility index (Phi) is 3.93. The molecule has 0 unspecified atom stereocenters. The smallest absolute Gasteiger partial charge is 0.251 e. The summed E-state index contributed by atoms with van der Waals surface area (Å²) in [6, 6.07) is 7.52. The standard InChI is InChI=1S/C13H15NO/c1-4-5-11-6-8-12(9-7-11)13(15)14-10(2)3/h1,6-10H,5H2,2-3H3,(H,14,15). The van der Waals surface area contributed by atoms with E-state index in [1.165, 1.54) is 0 Å². The van der Waals surface area contributed by atoms with Crippen molar-refractivity contribution in [1.29, 1.82) is 0 Å². The maximum absolute atomic E-state index is 11.6. The van der Waals surface area contributed by atoms with Crippen molar-refractivity contribution in [3.8, 4) is 12.3 Å². The minimum absolute atomic E-state index is 0.0442. The summed E-state index contributed by atoms with van der Waals surface area (Å²) < 4.78 is 0. The summed E-state index contributed by atoms with van der Waals surface area (Å²) in [5.74, 6) is 2.52. The highest BCUT2D eigenvalue weighted by Crippen LogP contribution is 2.05. The zero-order valence-electron chi connectivity index (χ0n) is 9.08. The first kappa shape index (κ1) is 11.3. The fraction of sp³-hybridized carbons (Fsp3) is 0.308. The van der Waals surface area contributed by atoms with Crippen molar-refractivity contribution in [3.05, 3.63) is 35.4 Å². The van der Waals surface area contributed by atoms with Crippen molar-refractivity contribution in [3.63, 3.8) is 0 Å². The first-order valence-corrected chi connectivity index (χ1v) is 4.96. The lowest BCUT2D eigenvalue weighted by molar-refractivity contribution is 0.0943. The lowest BCUT2D eigenvalue weighted by Gasteiger charge is -2.08. The van der Waals surface area contributed by atoms with Crippen LogP contribution in [0.15, 0.2) is 24.3 Å². The topological polar surface area (TPSA) is 29.1 Å². The van der Waals surface area contributed by atoms with Crippen LogP contribution in [0.4, 0.5) is 0 Å². The van der Waals surface area contributed by atoms with Gasteiger partial charge in [0.2, 0.25) is 0 Å². The summed E-state index contributed by atoms with van der Waals surface area (Å²) in [6.45, 7) is 3.87. The van der Waals surface area contributed by atoms with Crippen LogP contribution >= 0.6 is 0 Å². The molecule has 2 heteroatoms. The molecular weight excluding hydrogens is 186 g/mol. The lowest BCUT2D eigenvalue weighted by Crippen LogP contribution is -2.29. The third-order valence-corrected chi connectivity index (χ3v) is 1.94. The van der Waals surface area contributed by atoms with E-state index in [0.29, 0.717) is 12.0 Å². The van der Waals surface area contributed by atoms with Crippen LogP contribution in [0.25, 0.3) is 0 Å². The number of carbonyl (C=O) groups excluding carboxylic acids is 1. The molecule has 1 N–H and O–H groups in total. The average molecular weight is 201 g/mol. The molecule has 0 saturated heterocycles. The van der Waals surface area contributed by atoms with Gasteiger partial charge >= 0.3 is 0 Å². The van der Waals surface area contributed by atoms with Gasteiger partial charge in [0.15, 0.2) is 0 Å². The highest BCUT2D eigenvalue weighted by molar-refractivity contribution is 5.94. The molecule has 1 aromatic carbocycles. The summed E-state index contributed by atoms with van der Waals surface area (Å²) in [7, 11) is 0. The molecule has 2 nitrogen and oxygen atoms in total. The van der Waals surface area contributed by atoms with Crippen LogP contribution in [0.2, 0.25) is 0 Å². The monoisotopic (exact) mass is 201 g/mol. The molecule has 0 aliphatic carbocycles. The number of benzene rings is 1. The van der Waals surface area contributed by atoms with Crippen molar-refractivity contribution in [2.75, 3.05) is 0 Å². The molecule has 0 fully saturated rings. The SMILES string of the molecule is C#CCc1ccc(C(=O)NC(C)C)cc1. The quantitative estimate of drug-likeness (QED) is 0.745. The van der Waals surface area contributed by atoms with Crippen LogP contribution in [0, 0.1) is 12.3 Å². The number of hydrogen-bond donors (Lipinski definition) is 1. The van der Waals surface area contributed by atoms with Gasteiger partial charge in [-0.3, -0.25) is 4.79 Å². The Morgan fingerprint density at radius 2 is 2.00 bits per heavy atom. The van der Waals surface area contributed by atoms with Crippen molar-refractivity contribution >= 4 is 5.91 Å². The Bertz CT molecular complexity index is 371. The van der Waals surface area contributed by atoms with Crippen LogP contribution in [0.5, 0.6) is 0 Å². The van der Waals surface area contributed by atoms with E-state index < -0.39 is 0 Å². The van der Waals surface area contributed by atoms with Gasteiger partial charge in [0.25, 0.3) is 5.91 Å². The molecule has 0 bridgehead atoms. The van der Waals surface area contributed by atoms with Gasteiger partial charge < -0.3 is 5.32 Å². The molecule has 0 aromatic heterocycles. The Morgan fingerprint density at radius 3 is 2.47 bits per heavy atom. The zero-order valence-corrected chi connectivity index (χ0v) is 9.08. The van der Waals surface area contributed by atoms with E-state index in [-0.39, 0.29) is 11.9 Å². The minimum atomic E-state index is -0.0442. The van der Waals surface area contributed by atoms with Crippen LogP contribution in [-0.4, -0.2) is 11.9 Å². The molecule has 78 valence electrons. The maximum atomic E-state index is 11.6. The highest BCUT2D eigenvalue weighted by atomic mass is 16.1. The molecule has 0 atom stereocenters. The fourth-order valence-electron chi connectivity index (χ4n) is 1.24. The largest absolute Gasteiger partial charge is 0.350 e. The molecule has 15 heavy (non-hydrogen) atoms. The summed E-state index contributed by atoms with van der Waals surface area (Å²) in [4.78, 5) is 11.6. The first-order chi connectivity index (χ1) is 7.13. The summed E-state index contributed by atoms with van der Waals surface area (Å²) in [5.41, 5.74) is 1.73. The molecule has 0 saturated carbocycles. The van der Waals surface area contributed by atoms with Gasteiger partial charge in [0, 0.05) is 18.0 Å². The van der Waals surface area contributed by atoms with Gasteiger partial charge in [-0.15, -0.1) is 12.3 Å². The maximum Gasteiger partial charge on any atom is 0.251 e. The Balaban J connectivity index is 2.72. The number of carbonyl (C=O) groups is 1. The molecule has 0 aliphatic heterocycles. The lowest BCUT2D eigenvalue weighted by atomic mass is 10.1. The third-order valence-electron chi connectivity index (χ3n) is 1.94. The van der Waals surface area contributed by atoms with Crippen molar-refractivity contribution in [1.82, 2.24) is 5.32 Å². The number of nitrogens with one attached hydrogen (secondary N) is 1. The second-order valence-electron chi connectivity index (χ2n) is 3.71. The Labute approximate surface area is 90.7 Å². The molecule has 0 heterocycles. The molecular formula is C13H15NO. The highest BCUT2D eigenvalue weighted by Gasteiger charge is 2.05. The van der Waals surface area contributed by atoms with E-state index in [1.54, 1.807) is 12.1 Å². The zero-order chi connectivity index (χ0) is 11.3. The van der Waals surface area contributed by atoms with Crippen LogP contribution in [-0.2, 0) is 6.42 Å². The molecule has 0 radical (unpaired) electrons. The number of rotatable bonds is 3. The predicted molar refractivity (Wildman–Crippen MR) is 61.6 cm³/mol. The Morgan fingerprint density at radius 1 is 1.40 bits per heavy atom. The van der Waals surface area contributed by atoms with Gasteiger partial charge in [0.05, 0.1) is 0 Å². The van der Waals surface area contributed by atoms with Gasteiger partial charge in [0.1, 0.15) is 0 Å². The Hall–Kier alpha value is -1.75. The van der Waals surface area contributed by atoms with Crippen molar-refractivity contribution in [2.24, 2.45) is 0 Å². The average Bonchev–Trinajstić information content (AvgIpc) is 2.18. The summed E-state index contributed by atoms with van der Waals surface area (Å²) in [6.07, 6.45) is 5.80. The van der Waals surface area contributed by atoms with Gasteiger partial charge in [-0.2, -0.15) is 0 Å². The van der Waals surface area contributed by atoms with Crippen LogP contribution < -0.4 is 5.32 Å². The minimum Gasteiger partial charge on any atom is -0.350 e. The first-order valence-electron chi connectivity index (χ1n) is 4.96. The van der Waals surface area contributed by atoms with E-state index in [2.05, 4.69) is 11.2 Å². The van der Waals surface area contributed by atoms with Crippen LogP contribution in [0.1, 0.15) is 29.8 Å². The molecule has 1 amide bonds. The van der Waals surface area contributed by atoms with E-state index in [1.807, 2.05) is 26.0 Å². The van der Waals surface area contributed by atoms with E-state index in [9.17, 15) is 4.79 Å². The number of hydrogen-bond acceptors (Lipinski definition) is 1. The van der Waals surface area contributed by atoms with Gasteiger partial charge in [-0.1, -0.05) is 12.1 Å². The second-order valence-corrected chi connectivity index (χ2v) is 3.71. The summed E-state index contributed by atoms with van der Waals surface area (Å²) >= 11 is 0. The van der Waals surface area contributed by atoms with E-state index >= 15 is 0 Å². The van der Waals surface area contributed by atoms with E-state index in [0.717, 1.165) is 5.56 Å². The molecule has 0 spiro atoms.